The van der Waals surface area contributed by atoms with E-state index in [2.05, 4.69) is 44.8 Å². The van der Waals surface area contributed by atoms with E-state index in [-0.39, 0.29) is 23.9 Å². The molecule has 4 aliphatic rings. The van der Waals surface area contributed by atoms with Crippen molar-refractivity contribution in [2.24, 2.45) is 17.8 Å². The largest absolute Gasteiger partial charge is 0.450 e. The number of unbranched alkanes of at least 4 members (excludes halogenated alkanes) is 1. The van der Waals surface area contributed by atoms with E-state index >= 15 is 0 Å². The number of alkyl carbamates (subject to hydrolysis) is 1. The number of likely N-dealkylation sites (tertiary alicyclic amines) is 1. The fraction of sp³-hybridized carbons (Fsp3) is 0.667. The van der Waals surface area contributed by atoms with Crippen LogP contribution in [0, 0.1) is 17.8 Å². The molecule has 0 spiro atoms. The lowest BCUT2D eigenvalue weighted by Crippen LogP contribution is -2.47. The molecule has 3 N–H and O–H groups in total. The second-order valence-corrected chi connectivity index (χ2v) is 10.8. The number of amides is 3. The van der Waals surface area contributed by atoms with Gasteiger partial charge in [-0.1, -0.05) is 13.3 Å². The van der Waals surface area contributed by atoms with E-state index in [9.17, 15) is 14.4 Å². The molecule has 9 nitrogen and oxygen atoms in total. The Labute approximate surface area is 213 Å². The molecule has 3 amide bonds. The van der Waals surface area contributed by atoms with E-state index in [0.29, 0.717) is 37.3 Å². The van der Waals surface area contributed by atoms with Crippen LogP contribution in [0.3, 0.4) is 0 Å². The zero-order valence-electron chi connectivity index (χ0n) is 21.2. The quantitative estimate of drug-likeness (QED) is 0.356. The van der Waals surface area contributed by atoms with Crippen molar-refractivity contribution in [2.45, 2.75) is 57.5 Å². The fourth-order valence-corrected chi connectivity index (χ4v) is 6.00. The Balaban J connectivity index is 0.998. The highest BCUT2D eigenvalue weighted by atomic mass is 16.5. The van der Waals surface area contributed by atoms with Crippen molar-refractivity contribution in [1.82, 2.24) is 15.5 Å². The van der Waals surface area contributed by atoms with Crippen LogP contribution in [0.2, 0.25) is 0 Å². The lowest BCUT2D eigenvalue weighted by Gasteiger charge is -2.35. The zero-order valence-corrected chi connectivity index (χ0v) is 21.2. The number of imide groups is 1. The van der Waals surface area contributed by atoms with Crippen LogP contribution in [0.5, 0.6) is 0 Å². The van der Waals surface area contributed by atoms with Crippen molar-refractivity contribution in [3.05, 3.63) is 24.3 Å². The van der Waals surface area contributed by atoms with Gasteiger partial charge in [0.05, 0.1) is 6.61 Å². The van der Waals surface area contributed by atoms with E-state index in [1.54, 1.807) is 0 Å². The topological polar surface area (TPSA) is 103 Å². The number of nitrogens with one attached hydrogen (secondary N) is 3. The van der Waals surface area contributed by atoms with Gasteiger partial charge in [-0.2, -0.15) is 0 Å². The molecule has 36 heavy (non-hydrogen) atoms. The second-order valence-electron chi connectivity index (χ2n) is 10.8. The Morgan fingerprint density at radius 3 is 2.47 bits per heavy atom. The predicted molar refractivity (Wildman–Crippen MR) is 138 cm³/mol. The summed E-state index contributed by atoms with van der Waals surface area (Å²) in [7, 11) is 0. The molecule has 3 aliphatic heterocycles. The van der Waals surface area contributed by atoms with E-state index in [0.717, 1.165) is 57.2 Å². The van der Waals surface area contributed by atoms with Gasteiger partial charge in [-0.3, -0.25) is 14.9 Å². The molecule has 1 aromatic carbocycles. The van der Waals surface area contributed by atoms with Crippen molar-refractivity contribution in [3.63, 3.8) is 0 Å². The third-order valence-electron chi connectivity index (χ3n) is 8.23. The van der Waals surface area contributed by atoms with Gasteiger partial charge in [0.25, 0.3) is 0 Å². The maximum Gasteiger partial charge on any atom is 0.407 e. The van der Waals surface area contributed by atoms with Gasteiger partial charge in [0.2, 0.25) is 11.8 Å². The number of hydrogen-bond acceptors (Lipinski definition) is 7. The number of nitrogens with zero attached hydrogens (tertiary/aromatic N) is 2. The monoisotopic (exact) mass is 497 g/mol. The fourth-order valence-electron chi connectivity index (χ4n) is 6.00. The summed E-state index contributed by atoms with van der Waals surface area (Å²) in [6, 6.07) is 8.22. The van der Waals surface area contributed by atoms with Crippen LogP contribution in [0.1, 0.15) is 45.4 Å². The van der Waals surface area contributed by atoms with E-state index in [1.165, 1.54) is 18.5 Å². The molecule has 196 valence electrons. The number of hydrogen-bond donors (Lipinski definition) is 3. The molecule has 0 radical (unpaired) electrons. The summed E-state index contributed by atoms with van der Waals surface area (Å²) in [5.74, 6) is 1.47. The average Bonchev–Trinajstić information content (AvgIpc) is 3.30. The highest BCUT2D eigenvalue weighted by Crippen LogP contribution is 2.46. The SMILES string of the molecule is CCCCOC(=O)NC1[C@H]2CN(CC3CCN(c4ccc(NC5CCC(=O)NC5=O)cc4)CC3)C[C@@H]12. The molecule has 1 aromatic rings. The second kappa shape index (κ2) is 11.1. The highest BCUT2D eigenvalue weighted by Gasteiger charge is 2.56. The van der Waals surface area contributed by atoms with E-state index in [4.69, 9.17) is 4.74 Å². The predicted octanol–water partition coefficient (Wildman–Crippen LogP) is 2.58. The molecule has 1 aliphatic carbocycles. The minimum Gasteiger partial charge on any atom is -0.450 e. The first-order valence-corrected chi connectivity index (χ1v) is 13.6. The molecule has 3 saturated heterocycles. The van der Waals surface area contributed by atoms with Crippen LogP contribution in [0.4, 0.5) is 16.2 Å². The lowest BCUT2D eigenvalue weighted by molar-refractivity contribution is -0.133. The van der Waals surface area contributed by atoms with Crippen LogP contribution in [0.25, 0.3) is 0 Å². The van der Waals surface area contributed by atoms with Crippen molar-refractivity contribution in [1.29, 1.82) is 0 Å². The van der Waals surface area contributed by atoms with Crippen LogP contribution < -0.4 is 20.9 Å². The normalized spacial score (nSPS) is 28.4. The standard InChI is InChI=1S/C27H39N5O4/c1-2-3-14-36-27(35)30-25-21-16-31(17-22(21)25)15-18-10-12-32(13-11-18)20-6-4-19(5-7-20)28-23-8-9-24(33)29-26(23)34/h4-7,18,21-23,25,28H,2-3,8-17H2,1H3,(H,30,35)(H,29,33,34)/t21-,22+,23?,25?. The lowest BCUT2D eigenvalue weighted by atomic mass is 9.95. The molecule has 2 unspecified atom stereocenters. The minimum atomic E-state index is -0.355. The summed E-state index contributed by atoms with van der Waals surface area (Å²) in [5.41, 5.74) is 2.11. The first-order chi connectivity index (χ1) is 17.5. The van der Waals surface area contributed by atoms with Crippen LogP contribution >= 0.6 is 0 Å². The van der Waals surface area contributed by atoms with Gasteiger partial charge in [0.15, 0.2) is 0 Å². The molecule has 4 fully saturated rings. The summed E-state index contributed by atoms with van der Waals surface area (Å²) in [6.45, 7) is 8.05. The molecule has 3 heterocycles. The minimum absolute atomic E-state index is 0.195. The molecule has 0 aromatic heterocycles. The van der Waals surface area contributed by atoms with Gasteiger partial charge in [0, 0.05) is 56.6 Å². The number of benzene rings is 1. The Bertz CT molecular complexity index is 934. The number of anilines is 2. The number of ether oxygens (including phenoxy) is 1. The number of carbonyl (C=O) groups is 3. The van der Waals surface area contributed by atoms with Gasteiger partial charge >= 0.3 is 6.09 Å². The maximum absolute atomic E-state index is 12.0. The van der Waals surface area contributed by atoms with Crippen molar-refractivity contribution in [3.8, 4) is 0 Å². The number of fused-ring (bicyclic) bond motifs is 1. The highest BCUT2D eigenvalue weighted by molar-refractivity contribution is 6.01. The molecular formula is C27H39N5O4. The Morgan fingerprint density at radius 2 is 1.81 bits per heavy atom. The first-order valence-electron chi connectivity index (χ1n) is 13.6. The first kappa shape index (κ1) is 24.9. The average molecular weight is 498 g/mol. The number of rotatable bonds is 9. The van der Waals surface area contributed by atoms with E-state index < -0.39 is 0 Å². The molecule has 5 rings (SSSR count). The molecular weight excluding hydrogens is 458 g/mol. The third kappa shape index (κ3) is 5.94. The summed E-state index contributed by atoms with van der Waals surface area (Å²) >= 11 is 0. The van der Waals surface area contributed by atoms with E-state index in [1.807, 2.05) is 12.1 Å². The summed E-state index contributed by atoms with van der Waals surface area (Å²) in [5, 5.41) is 8.69. The Hall–Kier alpha value is -2.81. The molecule has 4 atom stereocenters. The van der Waals surface area contributed by atoms with Crippen molar-refractivity contribution in [2.75, 3.05) is 49.5 Å². The summed E-state index contributed by atoms with van der Waals surface area (Å²) < 4.78 is 5.24. The van der Waals surface area contributed by atoms with Crippen LogP contribution in [-0.2, 0) is 14.3 Å². The van der Waals surface area contributed by atoms with Gasteiger partial charge in [-0.15, -0.1) is 0 Å². The third-order valence-corrected chi connectivity index (χ3v) is 8.23. The number of piperidine rings is 3. The zero-order chi connectivity index (χ0) is 25.1. The van der Waals surface area contributed by atoms with Gasteiger partial charge in [-0.25, -0.2) is 4.79 Å². The van der Waals surface area contributed by atoms with Crippen molar-refractivity contribution >= 4 is 29.3 Å². The molecule has 0 bridgehead atoms. The molecule has 9 heteroatoms. The summed E-state index contributed by atoms with van der Waals surface area (Å²) in [6.07, 6.45) is 4.99. The van der Waals surface area contributed by atoms with Gasteiger partial charge in [0.1, 0.15) is 6.04 Å². The van der Waals surface area contributed by atoms with Gasteiger partial charge in [-0.05, 0) is 67.7 Å². The van der Waals surface area contributed by atoms with Crippen molar-refractivity contribution < 1.29 is 19.1 Å². The Morgan fingerprint density at radius 1 is 1.08 bits per heavy atom. The smallest absolute Gasteiger partial charge is 0.407 e. The summed E-state index contributed by atoms with van der Waals surface area (Å²) in [4.78, 5) is 40.2. The maximum atomic E-state index is 12.0. The van der Waals surface area contributed by atoms with Gasteiger partial charge < -0.3 is 25.2 Å². The number of carbonyl (C=O) groups excluding carboxylic acids is 3. The Kier molecular flexibility index (Phi) is 7.65. The molecule has 1 saturated carbocycles. The van der Waals surface area contributed by atoms with Crippen LogP contribution in [0.15, 0.2) is 24.3 Å². The van der Waals surface area contributed by atoms with Crippen LogP contribution in [-0.4, -0.2) is 74.2 Å².